The summed E-state index contributed by atoms with van der Waals surface area (Å²) in [6, 6.07) is 26.0. The van der Waals surface area contributed by atoms with Crippen LogP contribution in [0.15, 0.2) is 83.9 Å². The Hall–Kier alpha value is -3.61. The minimum atomic E-state index is -0.106. The second-order valence-corrected chi connectivity index (χ2v) is 10.4. The van der Waals surface area contributed by atoms with Gasteiger partial charge in [0.2, 0.25) is 5.91 Å². The van der Waals surface area contributed by atoms with Crippen molar-refractivity contribution in [3.8, 4) is 11.1 Å². The minimum Gasteiger partial charge on any atom is -0.325 e. The van der Waals surface area contributed by atoms with Gasteiger partial charge in [0.25, 0.3) is 0 Å². The molecule has 5 aromatic rings. The highest BCUT2D eigenvalue weighted by Crippen LogP contribution is 2.34. The highest BCUT2D eigenvalue weighted by Gasteiger charge is 2.21. The van der Waals surface area contributed by atoms with E-state index in [4.69, 9.17) is 21.7 Å². The molecule has 0 bridgehead atoms. The van der Waals surface area contributed by atoms with E-state index in [9.17, 15) is 4.79 Å². The van der Waals surface area contributed by atoms with Crippen LogP contribution in [0.2, 0.25) is 5.02 Å². The number of hydrogen-bond donors (Lipinski definition) is 1. The summed E-state index contributed by atoms with van der Waals surface area (Å²) in [6.45, 7) is 5.98. The van der Waals surface area contributed by atoms with E-state index in [0.29, 0.717) is 17.1 Å². The normalized spacial score (nSPS) is 11.1. The highest BCUT2D eigenvalue weighted by molar-refractivity contribution is 8.00. The highest BCUT2D eigenvalue weighted by atomic mass is 35.5. The molecule has 0 saturated carbocycles. The fraction of sp³-hybridized carbons (Fsp3) is 0.167. The van der Waals surface area contributed by atoms with E-state index < -0.39 is 0 Å². The molecule has 0 aliphatic heterocycles. The number of rotatable bonds is 7. The van der Waals surface area contributed by atoms with E-state index in [1.807, 2.05) is 73.8 Å². The van der Waals surface area contributed by atoms with E-state index >= 15 is 0 Å². The second-order valence-electron chi connectivity index (χ2n) is 9.01. The van der Waals surface area contributed by atoms with Gasteiger partial charge in [0, 0.05) is 34.0 Å². The molecule has 5 nitrogen and oxygen atoms in total. The summed E-state index contributed by atoms with van der Waals surface area (Å²) >= 11 is 7.72. The molecule has 1 amide bonds. The summed E-state index contributed by atoms with van der Waals surface area (Å²) in [6.07, 6.45) is 0.701. The lowest BCUT2D eigenvalue weighted by molar-refractivity contribution is -0.113. The molecule has 7 heteroatoms. The van der Waals surface area contributed by atoms with Crippen LogP contribution >= 0.6 is 23.4 Å². The molecule has 2 heterocycles. The van der Waals surface area contributed by atoms with Gasteiger partial charge in [-0.1, -0.05) is 90.1 Å². The van der Waals surface area contributed by atoms with Gasteiger partial charge in [-0.25, -0.2) is 9.50 Å². The number of fused-ring (bicyclic) bond motifs is 1. The number of carbonyl (C=O) groups is 1. The van der Waals surface area contributed by atoms with Gasteiger partial charge in [0.05, 0.1) is 11.4 Å². The zero-order valence-electron chi connectivity index (χ0n) is 21.0. The number of benzene rings is 3. The van der Waals surface area contributed by atoms with Crippen molar-refractivity contribution >= 4 is 40.6 Å². The first-order chi connectivity index (χ1) is 17.9. The van der Waals surface area contributed by atoms with Crippen molar-refractivity contribution < 1.29 is 4.79 Å². The SMILES string of the molecule is Cc1ccc(NC(=O)CSc2c(Cc3ccccc3)c(C)nc3c(-c4ccccc4)c(C)nn23)cc1Cl. The maximum Gasteiger partial charge on any atom is 0.234 e. The first-order valence-corrected chi connectivity index (χ1v) is 13.4. The Morgan fingerprint density at radius 1 is 0.946 bits per heavy atom. The van der Waals surface area contributed by atoms with E-state index in [1.165, 1.54) is 17.3 Å². The van der Waals surface area contributed by atoms with Crippen LogP contribution in [0, 0.1) is 20.8 Å². The molecular formula is C30H27ClN4OS. The number of hydrogen-bond acceptors (Lipinski definition) is 4. The summed E-state index contributed by atoms with van der Waals surface area (Å²) in [5.41, 5.74) is 8.61. The Labute approximate surface area is 225 Å². The van der Waals surface area contributed by atoms with Crippen LogP contribution in [0.25, 0.3) is 16.8 Å². The predicted octanol–water partition coefficient (Wildman–Crippen LogP) is 7.30. The lowest BCUT2D eigenvalue weighted by Crippen LogP contribution is -2.15. The molecule has 1 N–H and O–H groups in total. The quantitative estimate of drug-likeness (QED) is 0.178. The zero-order chi connectivity index (χ0) is 25.9. The first-order valence-electron chi connectivity index (χ1n) is 12.1. The monoisotopic (exact) mass is 526 g/mol. The molecule has 0 spiro atoms. The van der Waals surface area contributed by atoms with Crippen molar-refractivity contribution in [3.63, 3.8) is 0 Å². The number of aryl methyl sites for hydroxylation is 3. The number of aromatic nitrogens is 3. The topological polar surface area (TPSA) is 59.3 Å². The van der Waals surface area contributed by atoms with Gasteiger partial charge < -0.3 is 5.32 Å². The van der Waals surface area contributed by atoms with Gasteiger partial charge in [-0.2, -0.15) is 5.10 Å². The number of carbonyl (C=O) groups excluding carboxylic acids is 1. The van der Waals surface area contributed by atoms with Crippen LogP contribution in [0.1, 0.15) is 28.1 Å². The lowest BCUT2D eigenvalue weighted by atomic mass is 10.0. The van der Waals surface area contributed by atoms with Crippen molar-refractivity contribution in [3.05, 3.63) is 112 Å². The van der Waals surface area contributed by atoms with Crippen molar-refractivity contribution in [1.82, 2.24) is 14.6 Å². The second kappa shape index (κ2) is 10.8. The van der Waals surface area contributed by atoms with Crippen LogP contribution in [0.4, 0.5) is 5.69 Å². The van der Waals surface area contributed by atoms with Gasteiger partial charge in [0.15, 0.2) is 5.65 Å². The van der Waals surface area contributed by atoms with Gasteiger partial charge >= 0.3 is 0 Å². The maximum atomic E-state index is 12.9. The Morgan fingerprint density at radius 3 is 2.35 bits per heavy atom. The van der Waals surface area contributed by atoms with Gasteiger partial charge in [-0.3, -0.25) is 4.79 Å². The van der Waals surface area contributed by atoms with E-state index in [2.05, 4.69) is 29.6 Å². The number of nitrogens with one attached hydrogen (secondary N) is 1. The molecule has 5 rings (SSSR count). The van der Waals surface area contributed by atoms with E-state index in [1.54, 1.807) is 6.07 Å². The predicted molar refractivity (Wildman–Crippen MR) is 153 cm³/mol. The first kappa shape index (κ1) is 25.1. The summed E-state index contributed by atoms with van der Waals surface area (Å²) in [7, 11) is 0. The molecule has 0 saturated heterocycles. The van der Waals surface area contributed by atoms with Crippen LogP contribution in [-0.4, -0.2) is 26.3 Å². The molecule has 0 unspecified atom stereocenters. The molecule has 186 valence electrons. The summed E-state index contributed by atoms with van der Waals surface area (Å²) in [5, 5.41) is 9.42. The Bertz CT molecular complexity index is 1580. The molecular weight excluding hydrogens is 500 g/mol. The van der Waals surface area contributed by atoms with Crippen LogP contribution < -0.4 is 5.32 Å². The molecule has 0 radical (unpaired) electrons. The molecule has 0 aliphatic rings. The zero-order valence-corrected chi connectivity index (χ0v) is 22.5. The third-order valence-corrected chi connectivity index (χ3v) is 7.79. The van der Waals surface area contributed by atoms with Crippen LogP contribution in [0.3, 0.4) is 0 Å². The van der Waals surface area contributed by atoms with Crippen LogP contribution in [-0.2, 0) is 11.2 Å². The van der Waals surface area contributed by atoms with Gasteiger partial charge in [-0.15, -0.1) is 0 Å². The van der Waals surface area contributed by atoms with Crippen molar-refractivity contribution in [2.75, 3.05) is 11.1 Å². The molecule has 0 fully saturated rings. The number of amides is 1. The fourth-order valence-corrected chi connectivity index (χ4v) is 5.53. The number of anilines is 1. The Kier molecular flexibility index (Phi) is 7.31. The Morgan fingerprint density at radius 2 is 1.65 bits per heavy atom. The van der Waals surface area contributed by atoms with Crippen LogP contribution in [0.5, 0.6) is 0 Å². The molecule has 0 atom stereocenters. The number of thioether (sulfide) groups is 1. The average molecular weight is 527 g/mol. The molecule has 3 aromatic carbocycles. The third kappa shape index (κ3) is 5.41. The minimum absolute atomic E-state index is 0.106. The number of halogens is 1. The molecule has 37 heavy (non-hydrogen) atoms. The summed E-state index contributed by atoms with van der Waals surface area (Å²) in [4.78, 5) is 18.0. The molecule has 0 aliphatic carbocycles. The van der Waals surface area contributed by atoms with Gasteiger partial charge in [-0.05, 0) is 49.6 Å². The fourth-order valence-electron chi connectivity index (χ4n) is 4.37. The largest absolute Gasteiger partial charge is 0.325 e. The number of nitrogens with zero attached hydrogens (tertiary/aromatic N) is 3. The Balaban J connectivity index is 1.53. The average Bonchev–Trinajstić information content (AvgIpc) is 3.22. The molecule has 2 aromatic heterocycles. The smallest absolute Gasteiger partial charge is 0.234 e. The third-order valence-electron chi connectivity index (χ3n) is 6.28. The maximum absolute atomic E-state index is 12.9. The van der Waals surface area contributed by atoms with E-state index in [0.717, 1.165) is 44.3 Å². The standard InChI is InChI=1S/C30H27ClN4OS/c1-19-14-15-24(17-26(19)31)33-27(36)18-37-30-25(16-22-10-6-4-7-11-22)20(2)32-29-28(21(3)34-35(29)30)23-12-8-5-9-13-23/h4-15,17H,16,18H2,1-3H3,(H,33,36). The summed E-state index contributed by atoms with van der Waals surface area (Å²) < 4.78 is 1.91. The summed E-state index contributed by atoms with van der Waals surface area (Å²) in [5.74, 6) is 0.121. The van der Waals surface area contributed by atoms with Crippen molar-refractivity contribution in [2.24, 2.45) is 0 Å². The van der Waals surface area contributed by atoms with Crippen molar-refractivity contribution in [1.29, 1.82) is 0 Å². The lowest BCUT2D eigenvalue weighted by Gasteiger charge is -2.15. The van der Waals surface area contributed by atoms with Gasteiger partial charge in [0.1, 0.15) is 5.03 Å². The van der Waals surface area contributed by atoms with Crippen molar-refractivity contribution in [2.45, 2.75) is 32.2 Å². The van der Waals surface area contributed by atoms with E-state index in [-0.39, 0.29) is 11.7 Å².